The van der Waals surface area contributed by atoms with Crippen molar-refractivity contribution in [3.63, 3.8) is 0 Å². The molecule has 0 fully saturated rings. The van der Waals surface area contributed by atoms with E-state index < -0.39 is 0 Å². The Morgan fingerprint density at radius 2 is 0.962 bits per heavy atom. The van der Waals surface area contributed by atoms with Crippen LogP contribution in [0, 0.1) is 0 Å². The molecule has 0 saturated heterocycles. The predicted octanol–water partition coefficient (Wildman–Crippen LogP) is 12.8. The number of fused-ring (bicyclic) bond motifs is 4. The lowest BCUT2D eigenvalue weighted by Gasteiger charge is -2.20. The maximum atomic E-state index is 6.03. The zero-order valence-corrected chi connectivity index (χ0v) is 28.5. The zero-order valence-electron chi connectivity index (χ0n) is 28.5. The number of hydrogen-bond acceptors (Lipinski definition) is 3. The molecule has 0 amide bonds. The lowest BCUT2D eigenvalue weighted by molar-refractivity contribution is 0.416. The monoisotopic (exact) mass is 664 g/mol. The van der Waals surface area contributed by atoms with Crippen LogP contribution in [0.4, 0.5) is 0 Å². The maximum absolute atomic E-state index is 6.03. The largest absolute Gasteiger partial charge is 0.496 e. The van der Waals surface area contributed by atoms with Gasteiger partial charge in [0.05, 0.1) is 18.5 Å². The van der Waals surface area contributed by atoms with E-state index in [0.29, 0.717) is 0 Å². The van der Waals surface area contributed by atoms with Crippen LogP contribution in [0.1, 0.15) is 0 Å². The topological polar surface area (TPSA) is 35.0 Å². The van der Waals surface area contributed by atoms with Crippen molar-refractivity contribution in [1.29, 1.82) is 0 Å². The summed E-state index contributed by atoms with van der Waals surface area (Å²) in [6.45, 7) is 0. The number of nitrogens with zero attached hydrogens (tertiary/aromatic N) is 2. The Morgan fingerprint density at radius 3 is 1.60 bits per heavy atom. The molecule has 1 aliphatic rings. The summed E-state index contributed by atoms with van der Waals surface area (Å²) in [7, 11) is 1.74. The normalized spacial score (nSPS) is 11.6. The molecule has 7 aromatic carbocycles. The Hall–Kier alpha value is -6.84. The Labute approximate surface area is 302 Å². The first-order valence-electron chi connectivity index (χ1n) is 17.6. The minimum Gasteiger partial charge on any atom is -0.496 e. The van der Waals surface area contributed by atoms with Gasteiger partial charge in [-0.05, 0) is 108 Å². The first-order chi connectivity index (χ1) is 25.8. The minimum atomic E-state index is 0.806. The number of hydrogen-bond donors (Lipinski definition) is 0. The third-order valence-corrected chi connectivity index (χ3v) is 10.4. The SMILES string of the molecule is COc1cc(-c2ccc3c4c(cccc24)-c2c-3c(-c3ccccc3)c3ccccc3c2-c2ccccc2)ccc1-c1ccc(-c2ccccn2)nc1. The van der Waals surface area contributed by atoms with E-state index in [4.69, 9.17) is 9.72 Å². The van der Waals surface area contributed by atoms with Crippen LogP contribution in [-0.4, -0.2) is 17.1 Å². The smallest absolute Gasteiger partial charge is 0.127 e. The molecule has 2 aromatic heterocycles. The average Bonchev–Trinajstić information content (AvgIpc) is 3.55. The van der Waals surface area contributed by atoms with Gasteiger partial charge in [0.1, 0.15) is 5.75 Å². The highest BCUT2D eigenvalue weighted by Crippen LogP contribution is 2.58. The van der Waals surface area contributed by atoms with E-state index in [1.54, 1.807) is 13.3 Å². The highest BCUT2D eigenvalue weighted by molar-refractivity contribution is 6.28. The van der Waals surface area contributed by atoms with Crippen LogP contribution < -0.4 is 4.74 Å². The molecule has 1 aliphatic carbocycles. The Kier molecular flexibility index (Phi) is 7.04. The third kappa shape index (κ3) is 4.67. The summed E-state index contributed by atoms with van der Waals surface area (Å²) in [6.07, 6.45) is 3.69. The maximum Gasteiger partial charge on any atom is 0.127 e. The van der Waals surface area contributed by atoms with Crippen molar-refractivity contribution < 1.29 is 4.74 Å². The highest BCUT2D eigenvalue weighted by atomic mass is 16.5. The van der Waals surface area contributed by atoms with Gasteiger partial charge in [-0.3, -0.25) is 9.97 Å². The summed E-state index contributed by atoms with van der Waals surface area (Å²) >= 11 is 0. The molecule has 2 heterocycles. The van der Waals surface area contributed by atoms with Crippen molar-refractivity contribution in [2.45, 2.75) is 0 Å². The Morgan fingerprint density at radius 1 is 0.385 bits per heavy atom. The van der Waals surface area contributed by atoms with Crippen LogP contribution in [0.2, 0.25) is 0 Å². The van der Waals surface area contributed by atoms with Gasteiger partial charge >= 0.3 is 0 Å². The zero-order chi connectivity index (χ0) is 34.6. The summed E-state index contributed by atoms with van der Waals surface area (Å²) < 4.78 is 6.03. The van der Waals surface area contributed by atoms with Crippen LogP contribution in [0.25, 0.3) is 99.7 Å². The first-order valence-corrected chi connectivity index (χ1v) is 17.6. The molecule has 0 aliphatic heterocycles. The molecule has 52 heavy (non-hydrogen) atoms. The van der Waals surface area contributed by atoms with E-state index >= 15 is 0 Å². The minimum absolute atomic E-state index is 0.806. The fourth-order valence-electron chi connectivity index (χ4n) is 8.18. The fourth-order valence-corrected chi connectivity index (χ4v) is 8.18. The summed E-state index contributed by atoms with van der Waals surface area (Å²) in [5, 5.41) is 5.04. The highest BCUT2D eigenvalue weighted by Gasteiger charge is 2.31. The van der Waals surface area contributed by atoms with Crippen molar-refractivity contribution >= 4 is 21.5 Å². The molecule has 9 aromatic rings. The van der Waals surface area contributed by atoms with E-state index in [-0.39, 0.29) is 0 Å². The molecule has 10 rings (SSSR count). The van der Waals surface area contributed by atoms with E-state index in [0.717, 1.165) is 33.8 Å². The number of ether oxygens (including phenoxy) is 1. The van der Waals surface area contributed by atoms with Crippen LogP contribution in [-0.2, 0) is 0 Å². The van der Waals surface area contributed by atoms with Gasteiger partial charge in [0.25, 0.3) is 0 Å². The second kappa shape index (κ2) is 12.2. The number of pyridine rings is 2. The molecule has 244 valence electrons. The van der Waals surface area contributed by atoms with Gasteiger partial charge in [-0.25, -0.2) is 0 Å². The molecule has 0 atom stereocenters. The number of methoxy groups -OCH3 is 1. The van der Waals surface area contributed by atoms with E-state index in [2.05, 4.69) is 145 Å². The Balaban J connectivity index is 1.18. The standard InChI is InChI=1S/C49H32N2O/c1-52-44-29-33(22-24-36(44)34-23-27-43(51-30-34)42-21-10-11-28-50-42)35-25-26-41-47-37(35)19-12-20-40(47)48-45(31-13-4-2-5-14-31)38-17-8-9-18-39(38)46(49(41)48)32-15-6-3-7-16-32/h2-30H,1H3. The molecular formula is C49H32N2O. The van der Waals surface area contributed by atoms with Gasteiger partial charge in [0, 0.05) is 23.5 Å². The molecule has 0 saturated carbocycles. The first kappa shape index (κ1) is 30.0. The van der Waals surface area contributed by atoms with Gasteiger partial charge in [0.15, 0.2) is 0 Å². The van der Waals surface area contributed by atoms with Crippen LogP contribution in [0.5, 0.6) is 5.75 Å². The summed E-state index contributed by atoms with van der Waals surface area (Å²) in [4.78, 5) is 9.18. The number of aromatic nitrogens is 2. The fraction of sp³-hybridized carbons (Fsp3) is 0.0204. The molecule has 0 unspecified atom stereocenters. The van der Waals surface area contributed by atoms with Crippen LogP contribution in [0.3, 0.4) is 0 Å². The van der Waals surface area contributed by atoms with Crippen molar-refractivity contribution in [2.24, 2.45) is 0 Å². The van der Waals surface area contributed by atoms with Crippen molar-refractivity contribution in [3.8, 4) is 83.9 Å². The summed E-state index contributed by atoms with van der Waals surface area (Å²) in [6, 6.07) is 58.6. The summed E-state index contributed by atoms with van der Waals surface area (Å²) in [5.41, 5.74) is 16.1. The van der Waals surface area contributed by atoms with Gasteiger partial charge in [-0.15, -0.1) is 0 Å². The third-order valence-electron chi connectivity index (χ3n) is 10.4. The predicted molar refractivity (Wildman–Crippen MR) is 215 cm³/mol. The lowest BCUT2D eigenvalue weighted by Crippen LogP contribution is -1.93. The average molecular weight is 665 g/mol. The molecule has 3 heteroatoms. The van der Waals surface area contributed by atoms with Crippen molar-refractivity contribution in [3.05, 3.63) is 176 Å². The van der Waals surface area contributed by atoms with E-state index in [1.807, 2.05) is 30.5 Å². The van der Waals surface area contributed by atoms with Crippen LogP contribution in [0.15, 0.2) is 176 Å². The second-order valence-electron chi connectivity index (χ2n) is 13.2. The molecule has 0 N–H and O–H groups in total. The van der Waals surface area contributed by atoms with Gasteiger partial charge in [0.2, 0.25) is 0 Å². The molecule has 0 radical (unpaired) electrons. The number of benzene rings is 7. The second-order valence-corrected chi connectivity index (χ2v) is 13.2. The van der Waals surface area contributed by atoms with Gasteiger partial charge in [-0.2, -0.15) is 0 Å². The lowest BCUT2D eigenvalue weighted by atomic mass is 9.82. The molecule has 0 spiro atoms. The molecule has 0 bridgehead atoms. The van der Waals surface area contributed by atoms with Gasteiger partial charge < -0.3 is 4.74 Å². The van der Waals surface area contributed by atoms with Gasteiger partial charge in [-0.1, -0.05) is 133 Å². The van der Waals surface area contributed by atoms with Crippen molar-refractivity contribution in [2.75, 3.05) is 7.11 Å². The Bertz CT molecular complexity index is 2700. The molecular weight excluding hydrogens is 633 g/mol. The van der Waals surface area contributed by atoms with Crippen LogP contribution >= 0.6 is 0 Å². The quantitative estimate of drug-likeness (QED) is 0.177. The number of rotatable bonds is 6. The molecule has 3 nitrogen and oxygen atoms in total. The van der Waals surface area contributed by atoms with E-state index in [9.17, 15) is 0 Å². The summed E-state index contributed by atoms with van der Waals surface area (Å²) in [5.74, 6) is 0.806. The van der Waals surface area contributed by atoms with Crippen molar-refractivity contribution in [1.82, 2.24) is 9.97 Å². The van der Waals surface area contributed by atoms with E-state index in [1.165, 1.54) is 71.6 Å².